The number of fused-ring (bicyclic) bond motifs is 1. The van der Waals surface area contributed by atoms with E-state index in [0.29, 0.717) is 19.1 Å². The van der Waals surface area contributed by atoms with Gasteiger partial charge in [0, 0.05) is 32.0 Å². The summed E-state index contributed by atoms with van der Waals surface area (Å²) in [6, 6.07) is 18.6. The van der Waals surface area contributed by atoms with Crippen molar-refractivity contribution in [2.75, 3.05) is 20.3 Å². The Morgan fingerprint density at radius 2 is 1.88 bits per heavy atom. The van der Waals surface area contributed by atoms with Gasteiger partial charge >= 0.3 is 0 Å². The lowest BCUT2D eigenvalue weighted by molar-refractivity contribution is 0.199. The molecule has 0 aliphatic heterocycles. The summed E-state index contributed by atoms with van der Waals surface area (Å²) < 4.78 is 11.2. The topological polar surface area (TPSA) is 72.1 Å². The number of H-pyrrole nitrogens is 1. The lowest BCUT2D eigenvalue weighted by atomic mass is 9.97. The normalized spacial score (nSPS) is 11.4. The Hall–Kier alpha value is -3.22. The van der Waals surface area contributed by atoms with E-state index in [9.17, 15) is 0 Å². The molecule has 2 heterocycles. The largest absolute Gasteiger partial charge is 0.489 e. The van der Waals surface area contributed by atoms with E-state index < -0.39 is 0 Å². The first-order chi connectivity index (χ1) is 16.1. The average Bonchev–Trinajstić information content (AvgIpc) is 3.25. The Morgan fingerprint density at radius 1 is 1.03 bits per heavy atom. The number of pyridine rings is 1. The van der Waals surface area contributed by atoms with Gasteiger partial charge in [-0.1, -0.05) is 50.2 Å². The molecule has 4 rings (SSSR count). The van der Waals surface area contributed by atoms with Crippen LogP contribution in [0.4, 0.5) is 0 Å². The number of rotatable bonds is 11. The Balaban J connectivity index is 1.59. The number of hydrogen-bond acceptors (Lipinski definition) is 5. The van der Waals surface area contributed by atoms with E-state index in [1.54, 1.807) is 7.11 Å². The van der Waals surface area contributed by atoms with Gasteiger partial charge in [-0.25, -0.2) is 9.97 Å². The highest BCUT2D eigenvalue weighted by Crippen LogP contribution is 2.30. The molecular weight excluding hydrogens is 412 g/mol. The van der Waals surface area contributed by atoms with Crippen molar-refractivity contribution in [3.8, 4) is 17.1 Å². The fourth-order valence-corrected chi connectivity index (χ4v) is 3.79. The summed E-state index contributed by atoms with van der Waals surface area (Å²) in [5, 5.41) is 3.35. The van der Waals surface area contributed by atoms with Gasteiger partial charge in [-0.2, -0.15) is 0 Å². The van der Waals surface area contributed by atoms with Crippen LogP contribution >= 0.6 is 0 Å². The number of methoxy groups -OCH3 is 1. The zero-order chi connectivity index (χ0) is 23.0. The predicted molar refractivity (Wildman–Crippen MR) is 132 cm³/mol. The molecule has 0 atom stereocenters. The number of nitrogens with one attached hydrogen (secondary N) is 2. The predicted octanol–water partition coefficient (Wildman–Crippen LogP) is 5.14. The van der Waals surface area contributed by atoms with Crippen LogP contribution in [0.25, 0.3) is 22.6 Å². The van der Waals surface area contributed by atoms with Crippen molar-refractivity contribution in [2.45, 2.75) is 33.4 Å². The van der Waals surface area contributed by atoms with Gasteiger partial charge in [0.2, 0.25) is 0 Å². The maximum Gasteiger partial charge on any atom is 0.157 e. The second-order valence-electron chi connectivity index (χ2n) is 8.66. The molecule has 0 saturated heterocycles. The van der Waals surface area contributed by atoms with Gasteiger partial charge in [0.15, 0.2) is 5.65 Å². The van der Waals surface area contributed by atoms with Gasteiger partial charge in [0.05, 0.1) is 6.61 Å². The molecule has 0 aliphatic rings. The van der Waals surface area contributed by atoms with Crippen LogP contribution in [0.1, 0.15) is 30.5 Å². The van der Waals surface area contributed by atoms with E-state index in [1.165, 1.54) is 5.56 Å². The molecule has 4 aromatic rings. The summed E-state index contributed by atoms with van der Waals surface area (Å²) in [7, 11) is 1.70. The zero-order valence-electron chi connectivity index (χ0n) is 19.6. The third-order valence-corrected chi connectivity index (χ3v) is 5.42. The monoisotopic (exact) mass is 444 g/mol. The third-order valence-electron chi connectivity index (χ3n) is 5.42. The van der Waals surface area contributed by atoms with Gasteiger partial charge in [-0.05, 0) is 47.2 Å². The third kappa shape index (κ3) is 6.18. The molecule has 0 radical (unpaired) electrons. The molecule has 2 aromatic carbocycles. The molecule has 6 nitrogen and oxygen atoms in total. The van der Waals surface area contributed by atoms with Crippen LogP contribution in [-0.4, -0.2) is 35.2 Å². The first-order valence-electron chi connectivity index (χ1n) is 11.5. The lowest BCUT2D eigenvalue weighted by Gasteiger charge is -2.13. The van der Waals surface area contributed by atoms with Crippen molar-refractivity contribution >= 4 is 11.2 Å². The highest BCUT2D eigenvalue weighted by Gasteiger charge is 2.14. The van der Waals surface area contributed by atoms with Gasteiger partial charge in [0.25, 0.3) is 0 Å². The molecule has 0 unspecified atom stereocenters. The molecule has 0 bridgehead atoms. The minimum absolute atomic E-state index is 0.533. The summed E-state index contributed by atoms with van der Waals surface area (Å²) in [5.41, 5.74) is 6.20. The molecule has 33 heavy (non-hydrogen) atoms. The number of aromatic nitrogens is 3. The molecular formula is C27H32N4O2. The molecule has 6 heteroatoms. The fourth-order valence-electron chi connectivity index (χ4n) is 3.79. The smallest absolute Gasteiger partial charge is 0.157 e. The van der Waals surface area contributed by atoms with E-state index in [1.807, 2.05) is 24.4 Å². The van der Waals surface area contributed by atoms with Crippen molar-refractivity contribution in [3.63, 3.8) is 0 Å². The quantitative estimate of drug-likeness (QED) is 0.314. The molecule has 0 aliphatic carbocycles. The van der Waals surface area contributed by atoms with Crippen molar-refractivity contribution in [3.05, 3.63) is 77.5 Å². The van der Waals surface area contributed by atoms with E-state index in [-0.39, 0.29) is 0 Å². The van der Waals surface area contributed by atoms with E-state index in [2.05, 4.69) is 65.5 Å². The second-order valence-corrected chi connectivity index (χ2v) is 8.66. The number of benzene rings is 2. The Labute approximate surface area is 195 Å². The first kappa shape index (κ1) is 23.0. The average molecular weight is 445 g/mol. The first-order valence-corrected chi connectivity index (χ1v) is 11.5. The van der Waals surface area contributed by atoms with Crippen LogP contribution in [0.15, 0.2) is 60.8 Å². The SMILES string of the molecule is COCCNCc1cnc2[nH]c(-c3cc(OCc4ccccc4)ccc3CC(C)C)nc2c1. The van der Waals surface area contributed by atoms with Gasteiger partial charge in [-0.15, -0.1) is 0 Å². The van der Waals surface area contributed by atoms with E-state index in [4.69, 9.17) is 14.5 Å². The zero-order valence-corrected chi connectivity index (χ0v) is 19.6. The minimum atomic E-state index is 0.533. The van der Waals surface area contributed by atoms with Crippen LogP contribution in [-0.2, 0) is 24.3 Å². The lowest BCUT2D eigenvalue weighted by Crippen LogP contribution is -2.18. The van der Waals surface area contributed by atoms with E-state index >= 15 is 0 Å². The number of imidazole rings is 1. The highest BCUT2D eigenvalue weighted by atomic mass is 16.5. The Bertz CT molecular complexity index is 1170. The van der Waals surface area contributed by atoms with Crippen molar-refractivity contribution in [1.29, 1.82) is 0 Å². The minimum Gasteiger partial charge on any atom is -0.489 e. The molecule has 172 valence electrons. The number of nitrogens with zero attached hydrogens (tertiary/aromatic N) is 2. The fraction of sp³-hybridized carbons (Fsp3) is 0.333. The molecule has 2 N–H and O–H groups in total. The standard InChI is InChI=1S/C27H32N4O2/c1-19(2)13-22-9-10-23(33-18-20-7-5-4-6-8-20)15-24(22)26-30-25-14-21(16-28-11-12-32-3)17-29-27(25)31-26/h4-10,14-15,17,19,28H,11-13,16,18H2,1-3H3,(H,29,30,31). The summed E-state index contributed by atoms with van der Waals surface area (Å²) >= 11 is 0. The molecule has 0 amide bonds. The van der Waals surface area contributed by atoms with E-state index in [0.717, 1.165) is 58.9 Å². The Morgan fingerprint density at radius 3 is 2.67 bits per heavy atom. The maximum atomic E-state index is 6.10. The molecule has 2 aromatic heterocycles. The van der Waals surface area contributed by atoms with Gasteiger partial charge in [0.1, 0.15) is 23.7 Å². The Kier molecular flexibility index (Phi) is 7.70. The van der Waals surface area contributed by atoms with Crippen LogP contribution in [0.2, 0.25) is 0 Å². The summed E-state index contributed by atoms with van der Waals surface area (Å²) in [5.74, 6) is 2.19. The van der Waals surface area contributed by atoms with Gasteiger partial charge in [-0.3, -0.25) is 0 Å². The number of hydrogen-bond donors (Lipinski definition) is 2. The summed E-state index contributed by atoms with van der Waals surface area (Å²) in [6.45, 7) is 7.21. The van der Waals surface area contributed by atoms with Crippen molar-refractivity contribution in [2.24, 2.45) is 5.92 Å². The number of aromatic amines is 1. The second kappa shape index (κ2) is 11.1. The number of ether oxygens (including phenoxy) is 2. The molecule has 0 saturated carbocycles. The summed E-state index contributed by atoms with van der Waals surface area (Å²) in [6.07, 6.45) is 2.85. The van der Waals surface area contributed by atoms with Gasteiger partial charge < -0.3 is 19.8 Å². The molecule has 0 fully saturated rings. The summed E-state index contributed by atoms with van der Waals surface area (Å²) in [4.78, 5) is 12.9. The maximum absolute atomic E-state index is 6.10. The van der Waals surface area contributed by atoms with Crippen molar-refractivity contribution in [1.82, 2.24) is 20.3 Å². The highest BCUT2D eigenvalue weighted by molar-refractivity contribution is 5.77. The van der Waals surface area contributed by atoms with Crippen LogP contribution < -0.4 is 10.1 Å². The van der Waals surface area contributed by atoms with Crippen LogP contribution in [0, 0.1) is 5.92 Å². The van der Waals surface area contributed by atoms with Crippen molar-refractivity contribution < 1.29 is 9.47 Å². The molecule has 0 spiro atoms. The van der Waals surface area contributed by atoms with Crippen LogP contribution in [0.3, 0.4) is 0 Å². The van der Waals surface area contributed by atoms with Crippen LogP contribution in [0.5, 0.6) is 5.75 Å².